The molecule has 11 heteroatoms. The van der Waals surface area contributed by atoms with E-state index in [4.69, 9.17) is 22.2 Å². The zero-order valence-electron chi connectivity index (χ0n) is 15.2. The van der Waals surface area contributed by atoms with Crippen LogP contribution in [0.2, 0.25) is 5.02 Å². The van der Waals surface area contributed by atoms with Crippen LogP contribution in [-0.4, -0.2) is 52.4 Å². The highest BCUT2D eigenvalue weighted by Gasteiger charge is 2.49. The lowest BCUT2D eigenvalue weighted by molar-refractivity contribution is -0.146. The number of aromatic nitrogens is 1. The molecule has 1 fully saturated rings. The van der Waals surface area contributed by atoms with E-state index in [9.17, 15) is 9.59 Å². The molecule has 150 valence electrons. The number of carbonyl (C=O) groups excluding carboxylic acids is 2. The summed E-state index contributed by atoms with van der Waals surface area (Å²) in [6.45, 7) is 0. The summed E-state index contributed by atoms with van der Waals surface area (Å²) in [4.78, 5) is 36.7. The number of nitrogens with two attached hydrogens (primary N) is 1. The van der Waals surface area contributed by atoms with Crippen LogP contribution in [0.3, 0.4) is 0 Å². The van der Waals surface area contributed by atoms with E-state index < -0.39 is 11.9 Å². The predicted molar refractivity (Wildman–Crippen MR) is 115 cm³/mol. The number of oxime groups is 1. The van der Waals surface area contributed by atoms with Gasteiger partial charge < -0.3 is 20.8 Å². The summed E-state index contributed by atoms with van der Waals surface area (Å²) in [7, 11) is 1.33. The molecule has 0 bridgehead atoms. The number of carbonyl (C=O) groups is 2. The average molecular weight is 450 g/mol. The number of nitrogens with one attached hydrogen (secondary N) is 1. The lowest BCUT2D eigenvalue weighted by Crippen LogP contribution is -2.71. The molecule has 1 saturated heterocycles. The van der Waals surface area contributed by atoms with Crippen LogP contribution in [0.25, 0.3) is 4.91 Å². The van der Waals surface area contributed by atoms with Crippen molar-refractivity contribution in [2.45, 2.75) is 12.1 Å². The first-order valence-electron chi connectivity index (χ1n) is 8.54. The van der Waals surface area contributed by atoms with Crippen LogP contribution in [0, 0.1) is 0 Å². The number of thioether (sulfide) groups is 1. The monoisotopic (exact) mass is 449 g/mol. The minimum Gasteiger partial charge on any atom is -0.398 e. The molecule has 3 N–H and O–H groups in total. The van der Waals surface area contributed by atoms with Crippen LogP contribution < -0.4 is 11.1 Å². The Kier molecular flexibility index (Phi) is 5.48. The zero-order valence-corrected chi connectivity index (χ0v) is 17.6. The van der Waals surface area contributed by atoms with E-state index in [1.807, 2.05) is 30.5 Å². The van der Waals surface area contributed by atoms with Gasteiger partial charge in [-0.05, 0) is 17.7 Å². The number of amides is 2. The third-order valence-electron chi connectivity index (χ3n) is 4.51. The summed E-state index contributed by atoms with van der Waals surface area (Å²) in [5.74, 6) is -0.0526. The Balaban J connectivity index is 1.47. The lowest BCUT2D eigenvalue weighted by Gasteiger charge is -2.47. The average Bonchev–Trinajstić information content (AvgIpc) is 3.16. The molecule has 1 aromatic carbocycles. The van der Waals surface area contributed by atoms with Crippen LogP contribution in [0.1, 0.15) is 11.3 Å². The number of nitrogen functional groups attached to an aromatic ring is 1. The first kappa shape index (κ1) is 19.7. The van der Waals surface area contributed by atoms with Crippen LogP contribution in [0.4, 0.5) is 5.13 Å². The second kappa shape index (κ2) is 8.05. The maximum absolute atomic E-state index is 12.7. The van der Waals surface area contributed by atoms with Gasteiger partial charge in [-0.3, -0.25) is 9.59 Å². The summed E-state index contributed by atoms with van der Waals surface area (Å²) in [5.41, 5.74) is 6.91. The summed E-state index contributed by atoms with van der Waals surface area (Å²) in [5, 5.41) is 9.07. The quantitative estimate of drug-likeness (QED) is 0.411. The maximum Gasteiger partial charge on any atom is 0.276 e. The smallest absolute Gasteiger partial charge is 0.276 e. The normalized spacial score (nSPS) is 21.2. The van der Waals surface area contributed by atoms with E-state index in [2.05, 4.69) is 15.5 Å². The maximum atomic E-state index is 12.7. The molecule has 3 heterocycles. The largest absolute Gasteiger partial charge is 0.398 e. The van der Waals surface area contributed by atoms with E-state index >= 15 is 0 Å². The SMILES string of the molecule is CON=C(C(=O)NC1C(=O)N2C=C(c3ccc(Cl)cc3)SCC12)c1csc(N)n1. The fourth-order valence-corrected chi connectivity index (χ4v) is 4.94. The molecule has 1 aromatic heterocycles. The molecule has 29 heavy (non-hydrogen) atoms. The number of fused-ring (bicyclic) bond motifs is 1. The minimum absolute atomic E-state index is 0.0208. The van der Waals surface area contributed by atoms with Gasteiger partial charge in [-0.25, -0.2) is 4.98 Å². The number of β-lactam (4-membered cyclic amide) rings is 1. The van der Waals surface area contributed by atoms with Gasteiger partial charge in [0.05, 0.1) is 6.04 Å². The Labute approximate surface area is 179 Å². The van der Waals surface area contributed by atoms with Gasteiger partial charge in [0, 0.05) is 27.3 Å². The van der Waals surface area contributed by atoms with E-state index in [0.717, 1.165) is 10.5 Å². The highest BCUT2D eigenvalue weighted by atomic mass is 35.5. The van der Waals surface area contributed by atoms with Gasteiger partial charge in [0.15, 0.2) is 10.8 Å². The number of hydrogen-bond acceptors (Lipinski definition) is 8. The van der Waals surface area contributed by atoms with Gasteiger partial charge in [-0.2, -0.15) is 0 Å². The molecule has 0 saturated carbocycles. The first-order chi connectivity index (χ1) is 14.0. The number of benzene rings is 1. The Hall–Kier alpha value is -2.56. The number of anilines is 1. The number of thiazole rings is 1. The second-order valence-corrected chi connectivity index (χ2v) is 8.66. The summed E-state index contributed by atoms with van der Waals surface area (Å²) < 4.78 is 0. The standard InChI is InChI=1S/C18H16ClN5O3S2/c1-27-23-14(11-7-29-18(20)21-11)16(25)22-15-12-8-28-13(6-24(12)17(15)26)9-2-4-10(19)5-3-9/h2-7,12,15H,8H2,1H3,(H2,20,21)(H,22,25). The fraction of sp³-hybridized carbons (Fsp3) is 0.222. The zero-order chi connectivity index (χ0) is 20.5. The Morgan fingerprint density at radius 1 is 1.41 bits per heavy atom. The fourth-order valence-electron chi connectivity index (χ4n) is 3.07. The molecule has 4 rings (SSSR count). The molecular weight excluding hydrogens is 434 g/mol. The van der Waals surface area contributed by atoms with E-state index in [-0.39, 0.29) is 17.7 Å². The van der Waals surface area contributed by atoms with Gasteiger partial charge in [0.25, 0.3) is 11.8 Å². The van der Waals surface area contributed by atoms with Crippen molar-refractivity contribution in [2.24, 2.45) is 5.16 Å². The van der Waals surface area contributed by atoms with Crippen molar-refractivity contribution in [1.29, 1.82) is 0 Å². The van der Waals surface area contributed by atoms with Gasteiger partial charge >= 0.3 is 0 Å². The van der Waals surface area contributed by atoms with Crippen molar-refractivity contribution in [1.82, 2.24) is 15.2 Å². The number of rotatable bonds is 5. The highest BCUT2D eigenvalue weighted by Crippen LogP contribution is 2.39. The molecule has 2 aromatic rings. The molecular formula is C18H16ClN5O3S2. The molecule has 2 atom stereocenters. The molecule has 0 radical (unpaired) electrons. The van der Waals surface area contributed by atoms with Crippen molar-refractivity contribution in [3.05, 3.63) is 52.1 Å². The molecule has 0 spiro atoms. The van der Waals surface area contributed by atoms with Crippen molar-refractivity contribution < 1.29 is 14.4 Å². The molecule has 2 unspecified atom stereocenters. The van der Waals surface area contributed by atoms with Gasteiger partial charge in [0.2, 0.25) is 0 Å². The van der Waals surface area contributed by atoms with Crippen molar-refractivity contribution in [3.8, 4) is 0 Å². The highest BCUT2D eigenvalue weighted by molar-refractivity contribution is 8.08. The topological polar surface area (TPSA) is 110 Å². The van der Waals surface area contributed by atoms with Crippen molar-refractivity contribution >= 4 is 62.3 Å². The molecule has 0 aliphatic carbocycles. The van der Waals surface area contributed by atoms with Crippen LogP contribution >= 0.6 is 34.7 Å². The Morgan fingerprint density at radius 3 is 2.83 bits per heavy atom. The summed E-state index contributed by atoms with van der Waals surface area (Å²) in [6, 6.07) is 6.70. The molecule has 8 nitrogen and oxygen atoms in total. The van der Waals surface area contributed by atoms with Crippen LogP contribution in [-0.2, 0) is 14.4 Å². The first-order valence-corrected chi connectivity index (χ1v) is 10.8. The van der Waals surface area contributed by atoms with Gasteiger partial charge in [-0.1, -0.05) is 28.9 Å². The number of hydrogen-bond donors (Lipinski definition) is 2. The third kappa shape index (κ3) is 3.83. The number of halogens is 1. The number of nitrogens with zero attached hydrogens (tertiary/aromatic N) is 3. The summed E-state index contributed by atoms with van der Waals surface area (Å²) in [6.07, 6.45) is 1.82. The van der Waals surface area contributed by atoms with E-state index in [1.165, 1.54) is 18.4 Å². The lowest BCUT2D eigenvalue weighted by atomic mass is 9.96. The minimum atomic E-state index is -0.629. The molecule has 2 amide bonds. The summed E-state index contributed by atoms with van der Waals surface area (Å²) >= 11 is 8.75. The van der Waals surface area contributed by atoms with Gasteiger partial charge in [0.1, 0.15) is 18.8 Å². The Morgan fingerprint density at radius 2 is 2.17 bits per heavy atom. The van der Waals surface area contributed by atoms with E-state index in [0.29, 0.717) is 21.6 Å². The Bertz CT molecular complexity index is 1020. The van der Waals surface area contributed by atoms with E-state index in [1.54, 1.807) is 22.0 Å². The molecule has 2 aliphatic rings. The van der Waals surface area contributed by atoms with Crippen LogP contribution in [0.5, 0.6) is 0 Å². The predicted octanol–water partition coefficient (Wildman–Crippen LogP) is 2.17. The van der Waals surface area contributed by atoms with Crippen LogP contribution in [0.15, 0.2) is 41.0 Å². The van der Waals surface area contributed by atoms with Crippen molar-refractivity contribution in [2.75, 3.05) is 18.6 Å². The van der Waals surface area contributed by atoms with Crippen molar-refractivity contribution in [3.63, 3.8) is 0 Å². The second-order valence-electron chi connectivity index (χ2n) is 6.27. The molecule has 2 aliphatic heterocycles. The van der Waals surface area contributed by atoms with Gasteiger partial charge in [-0.15, -0.1) is 23.1 Å². The third-order valence-corrected chi connectivity index (χ3v) is 6.59.